The highest BCUT2D eigenvalue weighted by Gasteiger charge is 2.09. The van der Waals surface area contributed by atoms with E-state index >= 15 is 0 Å². The SMILES string of the molecule is NC(=NO)c1cccc2[nH]c(NCCO)nc12. The quantitative estimate of drug-likeness (QED) is 0.222. The Bertz CT molecular complexity index is 549. The second kappa shape index (κ2) is 4.71. The molecule has 0 fully saturated rings. The lowest BCUT2D eigenvalue weighted by atomic mass is 10.2. The number of anilines is 1. The minimum atomic E-state index is 0.0100. The first kappa shape index (κ1) is 11.2. The molecule has 0 spiro atoms. The van der Waals surface area contributed by atoms with E-state index in [1.54, 1.807) is 12.1 Å². The number of aliphatic hydroxyl groups excluding tert-OH is 1. The Kier molecular flexibility index (Phi) is 3.10. The van der Waals surface area contributed by atoms with Crippen LogP contribution >= 0.6 is 0 Å². The van der Waals surface area contributed by atoms with E-state index in [-0.39, 0.29) is 12.4 Å². The summed E-state index contributed by atoms with van der Waals surface area (Å²) in [6.45, 7) is 0.420. The van der Waals surface area contributed by atoms with Crippen molar-refractivity contribution in [3.63, 3.8) is 0 Å². The molecule has 17 heavy (non-hydrogen) atoms. The molecule has 0 saturated heterocycles. The van der Waals surface area contributed by atoms with Crippen LogP contribution in [0.5, 0.6) is 0 Å². The number of aromatic nitrogens is 2. The number of amidine groups is 1. The Morgan fingerprint density at radius 2 is 2.35 bits per heavy atom. The molecule has 2 rings (SSSR count). The number of benzene rings is 1. The van der Waals surface area contributed by atoms with E-state index in [9.17, 15) is 0 Å². The fourth-order valence-corrected chi connectivity index (χ4v) is 1.55. The van der Waals surface area contributed by atoms with Gasteiger partial charge in [0.15, 0.2) is 5.84 Å². The Hall–Kier alpha value is -2.28. The molecule has 90 valence electrons. The van der Waals surface area contributed by atoms with Gasteiger partial charge in [0.05, 0.1) is 12.1 Å². The van der Waals surface area contributed by atoms with Gasteiger partial charge < -0.3 is 26.3 Å². The van der Waals surface area contributed by atoms with Crippen LogP contribution in [0.25, 0.3) is 11.0 Å². The van der Waals surface area contributed by atoms with Crippen molar-refractivity contribution in [2.24, 2.45) is 10.9 Å². The molecule has 0 saturated carbocycles. The van der Waals surface area contributed by atoms with Crippen LogP contribution < -0.4 is 11.1 Å². The maximum absolute atomic E-state index is 8.71. The number of aromatic amines is 1. The number of nitrogens with zero attached hydrogens (tertiary/aromatic N) is 2. The van der Waals surface area contributed by atoms with Crippen molar-refractivity contribution < 1.29 is 10.3 Å². The molecule has 0 unspecified atom stereocenters. The number of hydrogen-bond acceptors (Lipinski definition) is 5. The molecule has 1 aromatic carbocycles. The van der Waals surface area contributed by atoms with E-state index in [4.69, 9.17) is 16.0 Å². The van der Waals surface area contributed by atoms with E-state index in [1.165, 1.54) is 0 Å². The molecule has 7 nitrogen and oxygen atoms in total. The molecule has 0 atom stereocenters. The Balaban J connectivity index is 2.45. The summed E-state index contributed by atoms with van der Waals surface area (Å²) in [5.74, 6) is 0.544. The van der Waals surface area contributed by atoms with Gasteiger partial charge in [-0.1, -0.05) is 11.2 Å². The van der Waals surface area contributed by atoms with Gasteiger partial charge in [-0.2, -0.15) is 0 Å². The summed E-state index contributed by atoms with van der Waals surface area (Å²) in [6, 6.07) is 5.33. The van der Waals surface area contributed by atoms with E-state index in [0.717, 1.165) is 5.52 Å². The number of fused-ring (bicyclic) bond motifs is 1. The number of imidazole rings is 1. The van der Waals surface area contributed by atoms with Crippen LogP contribution in [0.3, 0.4) is 0 Å². The van der Waals surface area contributed by atoms with Gasteiger partial charge in [0.2, 0.25) is 5.95 Å². The second-order valence-corrected chi connectivity index (χ2v) is 3.42. The largest absolute Gasteiger partial charge is 0.409 e. The topological polar surface area (TPSA) is 120 Å². The highest BCUT2D eigenvalue weighted by Crippen LogP contribution is 2.18. The van der Waals surface area contributed by atoms with Gasteiger partial charge in [-0.05, 0) is 12.1 Å². The number of aliphatic hydroxyl groups is 1. The molecular weight excluding hydrogens is 222 g/mol. The average Bonchev–Trinajstić information content (AvgIpc) is 2.77. The maximum Gasteiger partial charge on any atom is 0.201 e. The zero-order valence-corrected chi connectivity index (χ0v) is 9.01. The molecule has 0 radical (unpaired) electrons. The van der Waals surface area contributed by atoms with E-state index < -0.39 is 0 Å². The highest BCUT2D eigenvalue weighted by atomic mass is 16.4. The van der Waals surface area contributed by atoms with Crippen LogP contribution in [0.2, 0.25) is 0 Å². The molecule has 0 bridgehead atoms. The zero-order chi connectivity index (χ0) is 12.3. The maximum atomic E-state index is 8.71. The number of hydrogen-bond donors (Lipinski definition) is 5. The minimum Gasteiger partial charge on any atom is -0.409 e. The summed E-state index contributed by atoms with van der Waals surface area (Å²) in [5, 5.41) is 23.2. The number of para-hydroxylation sites is 1. The first-order valence-corrected chi connectivity index (χ1v) is 5.07. The van der Waals surface area contributed by atoms with Crippen molar-refractivity contribution in [1.29, 1.82) is 0 Å². The van der Waals surface area contributed by atoms with Crippen molar-refractivity contribution in [1.82, 2.24) is 9.97 Å². The minimum absolute atomic E-state index is 0.0100. The van der Waals surface area contributed by atoms with Crippen molar-refractivity contribution in [2.45, 2.75) is 0 Å². The van der Waals surface area contributed by atoms with Gasteiger partial charge in [-0.25, -0.2) is 4.98 Å². The van der Waals surface area contributed by atoms with Crippen LogP contribution in [-0.4, -0.2) is 39.3 Å². The molecule has 0 aliphatic rings. The van der Waals surface area contributed by atoms with Crippen LogP contribution in [0.15, 0.2) is 23.4 Å². The van der Waals surface area contributed by atoms with Crippen molar-refractivity contribution in [2.75, 3.05) is 18.5 Å². The molecule has 0 aliphatic carbocycles. The van der Waals surface area contributed by atoms with E-state index in [2.05, 4.69) is 20.4 Å². The molecule has 0 aliphatic heterocycles. The summed E-state index contributed by atoms with van der Waals surface area (Å²) < 4.78 is 0. The predicted molar refractivity (Wildman–Crippen MR) is 64.2 cm³/mol. The summed E-state index contributed by atoms with van der Waals surface area (Å²) in [6.07, 6.45) is 0. The Labute approximate surface area is 97.0 Å². The average molecular weight is 235 g/mol. The number of nitrogens with two attached hydrogens (primary N) is 1. The van der Waals surface area contributed by atoms with Gasteiger partial charge in [-0.15, -0.1) is 0 Å². The third kappa shape index (κ3) is 2.13. The first-order chi connectivity index (χ1) is 8.26. The van der Waals surface area contributed by atoms with E-state index in [1.807, 2.05) is 6.07 Å². The van der Waals surface area contributed by atoms with Gasteiger partial charge in [-0.3, -0.25) is 0 Å². The van der Waals surface area contributed by atoms with Crippen LogP contribution in [0.1, 0.15) is 5.56 Å². The predicted octanol–water partition coefficient (Wildman–Crippen LogP) is 0.0616. The number of rotatable bonds is 4. The lowest BCUT2D eigenvalue weighted by molar-refractivity contribution is 0.311. The fourth-order valence-electron chi connectivity index (χ4n) is 1.55. The summed E-state index contributed by atoms with van der Waals surface area (Å²) >= 11 is 0. The molecule has 6 N–H and O–H groups in total. The van der Waals surface area contributed by atoms with Crippen LogP contribution in [0.4, 0.5) is 5.95 Å². The fraction of sp³-hybridized carbons (Fsp3) is 0.200. The summed E-state index contributed by atoms with van der Waals surface area (Å²) in [4.78, 5) is 7.29. The Morgan fingerprint density at radius 3 is 3.06 bits per heavy atom. The number of oxime groups is 1. The standard InChI is InChI=1S/C10H13N5O2/c11-9(15-17)6-2-1-3-7-8(6)14-10(13-7)12-4-5-16/h1-3,16-17H,4-5H2,(H2,11,15)(H2,12,13,14). The molecule has 0 amide bonds. The lowest BCUT2D eigenvalue weighted by Crippen LogP contribution is -2.13. The van der Waals surface area contributed by atoms with Gasteiger partial charge in [0.1, 0.15) is 5.52 Å². The first-order valence-electron chi connectivity index (χ1n) is 5.07. The van der Waals surface area contributed by atoms with Crippen molar-refractivity contribution in [3.8, 4) is 0 Å². The number of H-pyrrole nitrogens is 1. The van der Waals surface area contributed by atoms with E-state index in [0.29, 0.717) is 23.6 Å². The smallest absolute Gasteiger partial charge is 0.201 e. The molecule has 2 aromatic rings. The van der Waals surface area contributed by atoms with Gasteiger partial charge in [0, 0.05) is 12.1 Å². The van der Waals surface area contributed by atoms with Gasteiger partial charge >= 0.3 is 0 Å². The lowest BCUT2D eigenvalue weighted by Gasteiger charge is -1.98. The Morgan fingerprint density at radius 1 is 1.53 bits per heavy atom. The third-order valence-corrected chi connectivity index (χ3v) is 2.30. The molecule has 1 heterocycles. The van der Waals surface area contributed by atoms with Gasteiger partial charge in [0.25, 0.3) is 0 Å². The highest BCUT2D eigenvalue weighted by molar-refractivity contribution is 6.07. The number of nitrogens with one attached hydrogen (secondary N) is 2. The zero-order valence-electron chi connectivity index (χ0n) is 9.01. The monoisotopic (exact) mass is 235 g/mol. The summed E-state index contributed by atoms with van der Waals surface area (Å²) in [7, 11) is 0. The normalized spacial score (nSPS) is 11.9. The molecular formula is C10H13N5O2. The second-order valence-electron chi connectivity index (χ2n) is 3.42. The summed E-state index contributed by atoms with van der Waals surface area (Å²) in [5.41, 5.74) is 7.50. The molecule has 1 aromatic heterocycles. The molecule has 7 heteroatoms. The van der Waals surface area contributed by atoms with Crippen LogP contribution in [-0.2, 0) is 0 Å². The van der Waals surface area contributed by atoms with Crippen molar-refractivity contribution in [3.05, 3.63) is 23.8 Å². The van der Waals surface area contributed by atoms with Crippen LogP contribution in [0, 0.1) is 0 Å². The third-order valence-electron chi connectivity index (χ3n) is 2.30. The van der Waals surface area contributed by atoms with Crippen molar-refractivity contribution >= 4 is 22.8 Å².